The summed E-state index contributed by atoms with van der Waals surface area (Å²) in [5.41, 5.74) is 3.29. The zero-order valence-corrected chi connectivity index (χ0v) is 19.7. The van der Waals surface area contributed by atoms with Gasteiger partial charge < -0.3 is 30.5 Å². The van der Waals surface area contributed by atoms with E-state index in [-0.39, 0.29) is 31.9 Å². The van der Waals surface area contributed by atoms with E-state index < -0.39 is 29.6 Å². The minimum Gasteiger partial charge on any atom is -0.481 e. The van der Waals surface area contributed by atoms with Gasteiger partial charge in [-0.25, -0.2) is 4.79 Å². The summed E-state index contributed by atoms with van der Waals surface area (Å²) < 4.78 is 5.51. The number of alkyl carbamates (subject to hydrolysis) is 1. The number of aliphatic carboxylic acids is 1. The number of likely N-dealkylation sites (N-methyl/N-ethyl adjacent to an activating group) is 1. The molecule has 2 aliphatic rings. The first kappa shape index (κ1) is 24.7. The van der Waals surface area contributed by atoms with Gasteiger partial charge in [0.25, 0.3) is 0 Å². The molecule has 2 atom stereocenters. The maximum Gasteiger partial charge on any atom is 0.407 e. The summed E-state index contributed by atoms with van der Waals surface area (Å²) in [6, 6.07) is 14.8. The highest BCUT2D eigenvalue weighted by Gasteiger charge is 2.35. The number of hydrogen-bond donors (Lipinski definition) is 4. The number of carbonyl (C=O) groups excluding carboxylic acids is 2. The Hall–Kier alpha value is -3.43. The number of carboxylic acid groups (broad SMARTS) is 1. The highest BCUT2D eigenvalue weighted by molar-refractivity contribution is 5.86. The van der Waals surface area contributed by atoms with Crippen LogP contribution in [0.5, 0.6) is 0 Å². The Morgan fingerprint density at radius 1 is 1.11 bits per heavy atom. The van der Waals surface area contributed by atoms with Crippen molar-refractivity contribution in [2.75, 3.05) is 33.3 Å². The number of nitrogens with one attached hydrogen (secondary N) is 2. The lowest BCUT2D eigenvalue weighted by molar-refractivity contribution is -0.137. The van der Waals surface area contributed by atoms with Gasteiger partial charge in [-0.3, -0.25) is 9.59 Å². The fourth-order valence-corrected chi connectivity index (χ4v) is 4.90. The molecule has 0 aromatic heterocycles. The Morgan fingerprint density at radius 3 is 2.31 bits per heavy atom. The van der Waals surface area contributed by atoms with Crippen LogP contribution in [0.15, 0.2) is 48.5 Å². The van der Waals surface area contributed by atoms with E-state index in [1.54, 1.807) is 0 Å². The summed E-state index contributed by atoms with van der Waals surface area (Å²) in [6.07, 6.45) is -0.668. The molecule has 1 saturated heterocycles. The number of fused-ring (bicyclic) bond motifs is 3. The van der Waals surface area contributed by atoms with Gasteiger partial charge in [-0.05, 0) is 42.1 Å². The molecular weight excluding hydrogens is 450 g/mol. The smallest absolute Gasteiger partial charge is 0.407 e. The van der Waals surface area contributed by atoms with Crippen LogP contribution in [0, 0.1) is 0 Å². The van der Waals surface area contributed by atoms with Crippen LogP contribution in [0.25, 0.3) is 11.1 Å². The number of likely N-dealkylation sites (tertiary alicyclic amines) is 1. The number of carboxylic acids is 1. The highest BCUT2D eigenvalue weighted by Crippen LogP contribution is 2.44. The van der Waals surface area contributed by atoms with Crippen LogP contribution in [0.1, 0.15) is 36.3 Å². The number of rotatable bonds is 9. The van der Waals surface area contributed by atoms with Crippen molar-refractivity contribution in [3.63, 3.8) is 0 Å². The van der Waals surface area contributed by atoms with Gasteiger partial charge >= 0.3 is 12.1 Å². The van der Waals surface area contributed by atoms with Crippen LogP contribution in [0.4, 0.5) is 4.79 Å². The quantitative estimate of drug-likeness (QED) is 0.431. The molecule has 2 aromatic rings. The van der Waals surface area contributed by atoms with Gasteiger partial charge in [0.15, 0.2) is 0 Å². The summed E-state index contributed by atoms with van der Waals surface area (Å²) >= 11 is 0. The molecule has 1 aliphatic heterocycles. The van der Waals surface area contributed by atoms with E-state index in [2.05, 4.69) is 10.6 Å². The molecule has 1 fully saturated rings. The normalized spacial score (nSPS) is 20.1. The number of carbonyl (C=O) groups is 3. The molecule has 0 bridgehead atoms. The van der Waals surface area contributed by atoms with E-state index in [0.29, 0.717) is 19.5 Å². The fraction of sp³-hybridized carbons (Fsp3) is 0.423. The molecule has 2 unspecified atom stereocenters. The maximum atomic E-state index is 12.8. The Labute approximate surface area is 204 Å². The van der Waals surface area contributed by atoms with Crippen molar-refractivity contribution < 1.29 is 29.3 Å². The number of amides is 2. The second-order valence-electron chi connectivity index (χ2n) is 9.38. The molecule has 9 nitrogen and oxygen atoms in total. The van der Waals surface area contributed by atoms with Crippen LogP contribution in [0.2, 0.25) is 0 Å². The van der Waals surface area contributed by atoms with Gasteiger partial charge in [0.1, 0.15) is 12.6 Å². The monoisotopic (exact) mass is 481 g/mol. The third-order valence-corrected chi connectivity index (χ3v) is 6.71. The predicted molar refractivity (Wildman–Crippen MR) is 129 cm³/mol. The minimum atomic E-state index is -1.09. The van der Waals surface area contributed by atoms with E-state index >= 15 is 0 Å². The summed E-state index contributed by atoms with van der Waals surface area (Å²) in [4.78, 5) is 38.4. The molecule has 0 radical (unpaired) electrons. The lowest BCUT2D eigenvalue weighted by atomic mass is 9.98. The molecule has 35 heavy (non-hydrogen) atoms. The number of ether oxygens (including phenoxy) is 1. The molecule has 2 amide bonds. The first-order valence-electron chi connectivity index (χ1n) is 11.8. The van der Waals surface area contributed by atoms with Crippen molar-refractivity contribution in [3.05, 3.63) is 59.7 Å². The van der Waals surface area contributed by atoms with Gasteiger partial charge in [-0.15, -0.1) is 0 Å². The van der Waals surface area contributed by atoms with Crippen molar-refractivity contribution >= 4 is 18.0 Å². The van der Waals surface area contributed by atoms with E-state index in [1.807, 2.05) is 60.5 Å². The lowest BCUT2D eigenvalue weighted by Crippen LogP contribution is -2.52. The molecular formula is C26H31N3O6. The Morgan fingerprint density at radius 2 is 1.74 bits per heavy atom. The Kier molecular flexibility index (Phi) is 7.37. The molecule has 0 spiro atoms. The van der Waals surface area contributed by atoms with Gasteiger partial charge in [0.2, 0.25) is 5.91 Å². The van der Waals surface area contributed by atoms with Gasteiger partial charge in [-0.2, -0.15) is 0 Å². The first-order valence-corrected chi connectivity index (χ1v) is 11.8. The largest absolute Gasteiger partial charge is 0.481 e. The fourth-order valence-electron chi connectivity index (χ4n) is 4.90. The first-order chi connectivity index (χ1) is 16.8. The number of β-amino-alcohol motifs (C(OH)–C–C–N with tert-alkyl or cyclic N) is 1. The van der Waals surface area contributed by atoms with Crippen LogP contribution < -0.4 is 10.6 Å². The minimum absolute atomic E-state index is 0.0200. The average Bonchev–Trinajstić information content (AvgIpc) is 3.35. The van der Waals surface area contributed by atoms with E-state index in [4.69, 9.17) is 9.84 Å². The molecule has 186 valence electrons. The van der Waals surface area contributed by atoms with Crippen molar-refractivity contribution in [2.24, 2.45) is 0 Å². The van der Waals surface area contributed by atoms with Crippen LogP contribution in [0.3, 0.4) is 0 Å². The zero-order valence-electron chi connectivity index (χ0n) is 19.7. The number of hydrogen-bond acceptors (Lipinski definition) is 6. The Balaban J connectivity index is 1.37. The summed E-state index contributed by atoms with van der Waals surface area (Å²) in [6.45, 7) is 1.24. The van der Waals surface area contributed by atoms with Gasteiger partial charge in [0, 0.05) is 32.0 Å². The Bertz CT molecular complexity index is 1060. The van der Waals surface area contributed by atoms with Gasteiger partial charge in [0.05, 0.1) is 5.60 Å². The van der Waals surface area contributed by atoms with E-state index in [1.165, 1.54) is 0 Å². The third-order valence-electron chi connectivity index (χ3n) is 6.71. The van der Waals surface area contributed by atoms with Crippen molar-refractivity contribution in [2.45, 2.75) is 36.8 Å². The summed E-state index contributed by atoms with van der Waals surface area (Å²) in [5.74, 6) is -1.76. The van der Waals surface area contributed by atoms with E-state index in [9.17, 15) is 19.5 Å². The van der Waals surface area contributed by atoms with Crippen LogP contribution >= 0.6 is 0 Å². The molecule has 1 heterocycles. The second kappa shape index (κ2) is 10.5. The van der Waals surface area contributed by atoms with Gasteiger partial charge in [-0.1, -0.05) is 48.5 Å². The molecule has 2 aromatic carbocycles. The second-order valence-corrected chi connectivity index (χ2v) is 9.38. The molecule has 4 rings (SSSR count). The number of benzene rings is 2. The molecule has 9 heteroatoms. The summed E-state index contributed by atoms with van der Waals surface area (Å²) in [7, 11) is 1.88. The third kappa shape index (κ3) is 5.80. The average molecular weight is 482 g/mol. The molecule has 0 saturated carbocycles. The zero-order chi connectivity index (χ0) is 25.0. The van der Waals surface area contributed by atoms with Crippen molar-refractivity contribution in [1.82, 2.24) is 15.5 Å². The SMILES string of the molecule is CN1CCC(O)(CNC(=O)C(CCC(=O)O)NC(=O)OCC2c3ccccc3-c3ccccc32)C1. The summed E-state index contributed by atoms with van der Waals surface area (Å²) in [5, 5.41) is 24.8. The molecule has 4 N–H and O–H groups in total. The van der Waals surface area contributed by atoms with E-state index in [0.717, 1.165) is 22.3 Å². The number of aliphatic hydroxyl groups is 1. The lowest BCUT2D eigenvalue weighted by Gasteiger charge is -2.25. The maximum absolute atomic E-state index is 12.8. The molecule has 1 aliphatic carbocycles. The predicted octanol–water partition coefficient (Wildman–Crippen LogP) is 1.94. The number of nitrogens with zero attached hydrogens (tertiary/aromatic N) is 1. The van der Waals surface area contributed by atoms with Crippen LogP contribution in [-0.4, -0.2) is 78.0 Å². The van der Waals surface area contributed by atoms with Crippen LogP contribution in [-0.2, 0) is 14.3 Å². The van der Waals surface area contributed by atoms with Crippen molar-refractivity contribution in [3.8, 4) is 11.1 Å². The standard InChI is InChI=1S/C26H31N3O6/c1-29-13-12-26(34,16-29)15-27-24(32)22(10-11-23(30)31)28-25(33)35-14-21-19-8-4-2-6-17(19)18-7-3-5-9-20(18)21/h2-9,21-22,34H,10-16H2,1H3,(H,27,32)(H,28,33)(H,30,31). The highest BCUT2D eigenvalue weighted by atomic mass is 16.5. The van der Waals surface area contributed by atoms with Crippen molar-refractivity contribution in [1.29, 1.82) is 0 Å². The topological polar surface area (TPSA) is 128 Å².